The molecular weight excluding hydrogens is 513 g/mol. The van der Waals surface area contributed by atoms with Crippen molar-refractivity contribution in [3.05, 3.63) is 59.0 Å². The van der Waals surface area contributed by atoms with Crippen LogP contribution < -0.4 is 10.6 Å². The number of hydrogen-bond acceptors (Lipinski definition) is 6. The number of amides is 1. The predicted molar refractivity (Wildman–Crippen MR) is 134 cm³/mol. The largest absolute Gasteiger partial charge is 0.416 e. The quantitative estimate of drug-likeness (QED) is 0.315. The number of nitrogens with one attached hydrogen (secondary N) is 2. The minimum absolute atomic E-state index is 0.169. The van der Waals surface area contributed by atoms with Gasteiger partial charge in [0, 0.05) is 17.9 Å². The summed E-state index contributed by atoms with van der Waals surface area (Å²) in [6.07, 6.45) is 2.26. The average Bonchev–Trinajstić information content (AvgIpc) is 3.26. The van der Waals surface area contributed by atoms with E-state index < -0.39 is 17.0 Å². The second kappa shape index (κ2) is 11.5. The van der Waals surface area contributed by atoms with Gasteiger partial charge in [-0.1, -0.05) is 48.7 Å². The normalized spacial score (nSPS) is 15.5. The van der Waals surface area contributed by atoms with Crippen molar-refractivity contribution in [3.63, 3.8) is 0 Å². The van der Waals surface area contributed by atoms with E-state index in [0.29, 0.717) is 27.5 Å². The van der Waals surface area contributed by atoms with E-state index in [-0.39, 0.29) is 18.5 Å². The predicted octanol–water partition coefficient (Wildman–Crippen LogP) is 6.58. The Labute approximate surface area is 216 Å². The van der Waals surface area contributed by atoms with Gasteiger partial charge in [-0.3, -0.25) is 4.79 Å². The highest BCUT2D eigenvalue weighted by molar-refractivity contribution is 8.00. The zero-order valence-electron chi connectivity index (χ0n) is 19.6. The number of thioether (sulfide) groups is 1. The van der Waals surface area contributed by atoms with Gasteiger partial charge in [-0.25, -0.2) is 4.98 Å². The first-order chi connectivity index (χ1) is 17.2. The molecule has 0 aliphatic heterocycles. The van der Waals surface area contributed by atoms with Gasteiger partial charge in [0.1, 0.15) is 5.82 Å². The van der Waals surface area contributed by atoms with Crippen molar-refractivity contribution < 1.29 is 18.0 Å². The molecule has 1 unspecified atom stereocenters. The van der Waals surface area contributed by atoms with Gasteiger partial charge in [-0.2, -0.15) is 13.2 Å². The fourth-order valence-corrected chi connectivity index (χ4v) is 5.14. The summed E-state index contributed by atoms with van der Waals surface area (Å²) in [5.74, 6) is 0.780. The van der Waals surface area contributed by atoms with Crippen molar-refractivity contribution in [3.8, 4) is 0 Å². The molecule has 7 nitrogen and oxygen atoms in total. The Morgan fingerprint density at radius 3 is 2.67 bits per heavy atom. The summed E-state index contributed by atoms with van der Waals surface area (Å²) in [6.45, 7) is 1.98. The van der Waals surface area contributed by atoms with Crippen molar-refractivity contribution in [2.75, 3.05) is 10.6 Å². The fraction of sp³-hybridized carbons (Fsp3) is 0.417. The Balaban J connectivity index is 1.49. The van der Waals surface area contributed by atoms with Crippen LogP contribution in [0.4, 0.5) is 24.7 Å². The van der Waals surface area contributed by atoms with Gasteiger partial charge in [0.25, 0.3) is 0 Å². The van der Waals surface area contributed by atoms with E-state index in [1.807, 2.05) is 4.57 Å². The first-order valence-corrected chi connectivity index (χ1v) is 12.9. The summed E-state index contributed by atoms with van der Waals surface area (Å²) in [6, 6.07) is 8.51. The molecule has 36 heavy (non-hydrogen) atoms. The monoisotopic (exact) mass is 538 g/mol. The molecule has 1 aromatic carbocycles. The smallest absolute Gasteiger partial charge is 0.378 e. The van der Waals surface area contributed by atoms with E-state index in [0.717, 1.165) is 44.2 Å². The highest BCUT2D eigenvalue weighted by Crippen LogP contribution is 2.35. The molecule has 4 rings (SSSR count). The second-order valence-corrected chi connectivity index (χ2v) is 10.3. The van der Waals surface area contributed by atoms with E-state index in [1.165, 1.54) is 24.0 Å². The topological polar surface area (TPSA) is 84.7 Å². The van der Waals surface area contributed by atoms with Crippen molar-refractivity contribution in [1.82, 2.24) is 19.7 Å². The number of carbonyl (C=O) groups is 1. The third-order valence-electron chi connectivity index (χ3n) is 5.95. The maximum atomic E-state index is 13.1. The van der Waals surface area contributed by atoms with Gasteiger partial charge in [-0.15, -0.1) is 10.2 Å². The van der Waals surface area contributed by atoms with Gasteiger partial charge in [-0.05, 0) is 50.1 Å². The molecule has 1 aliphatic carbocycles. The van der Waals surface area contributed by atoms with Gasteiger partial charge in [0.2, 0.25) is 5.91 Å². The molecule has 0 spiro atoms. The summed E-state index contributed by atoms with van der Waals surface area (Å²) < 4.78 is 41.3. The van der Waals surface area contributed by atoms with Crippen LogP contribution in [0.2, 0.25) is 5.02 Å². The molecule has 192 valence electrons. The Morgan fingerprint density at radius 2 is 1.97 bits per heavy atom. The van der Waals surface area contributed by atoms with Crippen molar-refractivity contribution in [1.29, 1.82) is 0 Å². The highest BCUT2D eigenvalue weighted by atomic mass is 35.5. The maximum absolute atomic E-state index is 13.1. The lowest BCUT2D eigenvalue weighted by Gasteiger charge is -2.26. The Hall–Kier alpha value is -2.79. The van der Waals surface area contributed by atoms with Crippen LogP contribution in [0.1, 0.15) is 56.5 Å². The van der Waals surface area contributed by atoms with E-state index in [9.17, 15) is 18.0 Å². The van der Waals surface area contributed by atoms with Crippen LogP contribution in [-0.4, -0.2) is 30.9 Å². The van der Waals surface area contributed by atoms with Gasteiger partial charge in [0.05, 0.1) is 22.4 Å². The number of carbonyl (C=O) groups excluding carboxylic acids is 1. The van der Waals surface area contributed by atoms with E-state index >= 15 is 0 Å². The number of nitrogens with zero attached hydrogens (tertiary/aromatic N) is 4. The van der Waals surface area contributed by atoms with Crippen LogP contribution in [-0.2, 0) is 17.5 Å². The molecule has 12 heteroatoms. The Morgan fingerprint density at radius 1 is 1.19 bits per heavy atom. The molecule has 2 aromatic heterocycles. The van der Waals surface area contributed by atoms with Crippen molar-refractivity contribution in [2.24, 2.45) is 0 Å². The molecule has 1 atom stereocenters. The molecule has 1 amide bonds. The first kappa shape index (κ1) is 26.3. The van der Waals surface area contributed by atoms with Crippen molar-refractivity contribution >= 4 is 40.8 Å². The average molecular weight is 539 g/mol. The molecule has 3 aromatic rings. The number of aromatic nitrogens is 4. The maximum Gasteiger partial charge on any atom is 0.416 e. The molecular formula is C24H26ClF3N6OS. The number of rotatable bonds is 8. The minimum Gasteiger partial charge on any atom is -0.378 e. The SMILES string of the molecule is CC(Sc1nnc(CNc2cccc(C(F)(F)F)c2)n1C1CCCCC1)C(=O)Nc1ccc(Cl)cn1. The summed E-state index contributed by atoms with van der Waals surface area (Å²) >= 11 is 7.14. The van der Waals surface area contributed by atoms with Crippen LogP contribution in [0.15, 0.2) is 47.8 Å². The number of benzene rings is 1. The number of pyridine rings is 1. The van der Waals surface area contributed by atoms with E-state index in [4.69, 9.17) is 11.6 Å². The zero-order valence-corrected chi connectivity index (χ0v) is 21.1. The summed E-state index contributed by atoms with van der Waals surface area (Å²) in [5.41, 5.74) is -0.368. The van der Waals surface area contributed by atoms with E-state index in [1.54, 1.807) is 25.1 Å². The minimum atomic E-state index is -4.41. The van der Waals surface area contributed by atoms with Gasteiger partial charge >= 0.3 is 6.18 Å². The lowest BCUT2D eigenvalue weighted by molar-refractivity contribution is -0.137. The summed E-state index contributed by atoms with van der Waals surface area (Å²) in [4.78, 5) is 16.8. The van der Waals surface area contributed by atoms with Crippen LogP contribution in [0.3, 0.4) is 0 Å². The lowest BCUT2D eigenvalue weighted by atomic mass is 9.95. The third kappa shape index (κ3) is 6.70. The van der Waals surface area contributed by atoms with Gasteiger partial charge < -0.3 is 15.2 Å². The standard InChI is InChI=1S/C24H26ClF3N6OS/c1-15(22(35)31-20-11-10-17(25)13-30-20)36-23-33-32-21(34(23)19-8-3-2-4-9-19)14-29-18-7-5-6-16(12-18)24(26,27)28/h5-7,10-13,15,19,29H,2-4,8-9,14H2,1H3,(H,30,31,35). The molecule has 1 saturated carbocycles. The molecule has 0 radical (unpaired) electrons. The molecule has 2 heterocycles. The first-order valence-electron chi connectivity index (χ1n) is 11.6. The molecule has 1 fully saturated rings. The van der Waals surface area contributed by atoms with Crippen LogP contribution >= 0.6 is 23.4 Å². The fourth-order valence-electron chi connectivity index (χ4n) is 4.09. The molecule has 0 saturated heterocycles. The highest BCUT2D eigenvalue weighted by Gasteiger charge is 2.30. The number of halogens is 4. The molecule has 2 N–H and O–H groups in total. The molecule has 1 aliphatic rings. The third-order valence-corrected chi connectivity index (χ3v) is 7.23. The van der Waals surface area contributed by atoms with Crippen LogP contribution in [0.5, 0.6) is 0 Å². The second-order valence-electron chi connectivity index (χ2n) is 8.60. The lowest BCUT2D eigenvalue weighted by Crippen LogP contribution is -2.24. The summed E-state index contributed by atoms with van der Waals surface area (Å²) in [5, 5.41) is 15.1. The Kier molecular flexibility index (Phi) is 8.40. The van der Waals surface area contributed by atoms with Crippen molar-refractivity contribution in [2.45, 2.75) is 68.2 Å². The zero-order chi connectivity index (χ0) is 25.7. The molecule has 0 bridgehead atoms. The van der Waals surface area contributed by atoms with E-state index in [2.05, 4.69) is 25.8 Å². The van der Waals surface area contributed by atoms with Gasteiger partial charge in [0.15, 0.2) is 11.0 Å². The number of anilines is 2. The number of alkyl halides is 3. The number of hydrogen-bond donors (Lipinski definition) is 2. The van der Waals surface area contributed by atoms with Crippen LogP contribution in [0.25, 0.3) is 0 Å². The summed E-state index contributed by atoms with van der Waals surface area (Å²) in [7, 11) is 0. The van der Waals surface area contributed by atoms with Crippen LogP contribution in [0, 0.1) is 0 Å². The Bertz CT molecular complexity index is 1180.